The fourth-order valence-electron chi connectivity index (χ4n) is 5.71. The van der Waals surface area contributed by atoms with Gasteiger partial charge in [0.25, 0.3) is 0 Å². The lowest BCUT2D eigenvalue weighted by atomic mass is 9.61. The number of carbonyl (C=O) groups excluding carboxylic acids is 1. The topological polar surface area (TPSA) is 44.8 Å². The Kier molecular flexibility index (Phi) is 2.19. The summed E-state index contributed by atoms with van der Waals surface area (Å²) in [5.74, 6) is -0.869. The molecule has 4 aliphatic heterocycles. The van der Waals surface area contributed by atoms with Crippen LogP contribution in [0.2, 0.25) is 0 Å². The molecule has 0 radical (unpaired) electrons. The van der Waals surface area contributed by atoms with E-state index in [1.54, 1.807) is 6.92 Å². The predicted molar refractivity (Wildman–Crippen MR) is 72.0 cm³/mol. The summed E-state index contributed by atoms with van der Waals surface area (Å²) in [6.45, 7) is 7.96. The third-order valence-electron chi connectivity index (χ3n) is 6.72. The molecule has 1 saturated carbocycles. The van der Waals surface area contributed by atoms with Crippen molar-refractivity contribution < 1.29 is 19.0 Å². The summed E-state index contributed by atoms with van der Waals surface area (Å²) in [6, 6.07) is 0. The zero-order chi connectivity index (χ0) is 14.4. The molecule has 1 spiro atoms. The Hall–Kier alpha value is -0.450. The normalized spacial score (nSPS) is 59.2. The molecule has 5 aliphatic rings. The van der Waals surface area contributed by atoms with Crippen molar-refractivity contribution in [1.29, 1.82) is 0 Å². The molecule has 0 N–H and O–H groups in total. The van der Waals surface area contributed by atoms with Crippen molar-refractivity contribution in [1.82, 2.24) is 0 Å². The molecule has 4 nitrogen and oxygen atoms in total. The summed E-state index contributed by atoms with van der Waals surface area (Å²) in [7, 11) is 0. The molecule has 5 atom stereocenters. The van der Waals surface area contributed by atoms with Crippen LogP contribution in [0.3, 0.4) is 0 Å². The Morgan fingerprint density at radius 3 is 2.40 bits per heavy atom. The first-order valence-electron chi connectivity index (χ1n) is 7.80. The van der Waals surface area contributed by atoms with Gasteiger partial charge >= 0.3 is 0 Å². The lowest BCUT2D eigenvalue weighted by Crippen LogP contribution is -2.70. The van der Waals surface area contributed by atoms with E-state index >= 15 is 0 Å². The minimum atomic E-state index is -0.554. The van der Waals surface area contributed by atoms with Crippen LogP contribution in [0, 0.1) is 5.41 Å². The van der Waals surface area contributed by atoms with Crippen molar-refractivity contribution in [2.24, 2.45) is 5.41 Å². The van der Waals surface area contributed by atoms with E-state index in [2.05, 4.69) is 13.8 Å². The first-order valence-corrected chi connectivity index (χ1v) is 7.80. The Morgan fingerprint density at radius 2 is 1.70 bits per heavy atom. The maximum absolute atomic E-state index is 11.4. The largest absolute Gasteiger partial charge is 0.340 e. The number of carbonyl (C=O) groups is 1. The molecule has 4 saturated heterocycles. The van der Waals surface area contributed by atoms with Gasteiger partial charge in [0.15, 0.2) is 11.6 Å². The van der Waals surface area contributed by atoms with Gasteiger partial charge in [-0.1, -0.05) is 0 Å². The molecule has 0 unspecified atom stereocenters. The molecule has 5 bridgehead atoms. The van der Waals surface area contributed by atoms with Gasteiger partial charge in [-0.05, 0) is 53.4 Å². The van der Waals surface area contributed by atoms with Crippen LogP contribution in [0.15, 0.2) is 0 Å². The maximum atomic E-state index is 11.4. The van der Waals surface area contributed by atoms with E-state index in [4.69, 9.17) is 14.2 Å². The van der Waals surface area contributed by atoms with Crippen molar-refractivity contribution in [3.05, 3.63) is 0 Å². The zero-order valence-corrected chi connectivity index (χ0v) is 12.9. The highest BCUT2D eigenvalue weighted by Crippen LogP contribution is 2.78. The minimum Gasteiger partial charge on any atom is -0.340 e. The number of hydrogen-bond donors (Lipinski definition) is 0. The Bertz CT molecular complexity index is 505. The molecular weight excluding hydrogens is 256 g/mol. The average Bonchev–Trinajstić information content (AvgIpc) is 2.62. The van der Waals surface area contributed by atoms with Crippen molar-refractivity contribution >= 4 is 5.78 Å². The molecule has 0 aromatic carbocycles. The number of rotatable bonds is 3. The molecular formula is C16H24O4. The number of Topliss-reactive ketones (excluding diaryl/α,β-unsaturated/α-hetero) is 1. The fourth-order valence-corrected chi connectivity index (χ4v) is 5.71. The van der Waals surface area contributed by atoms with Gasteiger partial charge in [0.2, 0.25) is 0 Å². The van der Waals surface area contributed by atoms with E-state index in [0.717, 1.165) is 32.1 Å². The molecule has 0 aromatic rings. The van der Waals surface area contributed by atoms with Gasteiger partial charge in [-0.2, -0.15) is 0 Å². The van der Waals surface area contributed by atoms with Gasteiger partial charge in [0, 0.05) is 12.8 Å². The van der Waals surface area contributed by atoms with Gasteiger partial charge in [-0.3, -0.25) is 0 Å². The Morgan fingerprint density at radius 1 is 1.00 bits per heavy atom. The molecule has 5 fully saturated rings. The number of hydrogen-bond acceptors (Lipinski definition) is 4. The maximum Gasteiger partial charge on any atom is 0.178 e. The first-order chi connectivity index (χ1) is 9.20. The van der Waals surface area contributed by atoms with Crippen LogP contribution >= 0.6 is 0 Å². The third-order valence-corrected chi connectivity index (χ3v) is 6.72. The monoisotopic (exact) mass is 280 g/mol. The minimum absolute atomic E-state index is 0.0471. The van der Waals surface area contributed by atoms with Crippen LogP contribution in [0.4, 0.5) is 0 Å². The summed E-state index contributed by atoms with van der Waals surface area (Å²) in [6.07, 6.45) is 5.39. The fraction of sp³-hybridized carbons (Fsp3) is 0.938. The molecule has 1 aliphatic carbocycles. The van der Waals surface area contributed by atoms with Crippen molar-refractivity contribution in [2.45, 2.75) is 89.0 Å². The van der Waals surface area contributed by atoms with Crippen molar-refractivity contribution in [2.75, 3.05) is 0 Å². The predicted octanol–water partition coefficient (Wildman–Crippen LogP) is 2.94. The molecule has 0 aromatic heterocycles. The van der Waals surface area contributed by atoms with Crippen LogP contribution in [0.5, 0.6) is 0 Å². The summed E-state index contributed by atoms with van der Waals surface area (Å²) < 4.78 is 19.2. The second kappa shape index (κ2) is 3.31. The van der Waals surface area contributed by atoms with Crippen LogP contribution in [-0.2, 0) is 19.0 Å². The standard InChI is InChI=1S/C16H24O4/c1-11(17)5-6-16-10-9-15-8-7-12(2,18-13(15,16)3)19-14(15,4)20-16/h5-10H2,1-4H3/t12-,13-,14-,15-,16+/m1/s1. The van der Waals surface area contributed by atoms with Gasteiger partial charge < -0.3 is 19.0 Å². The smallest absolute Gasteiger partial charge is 0.178 e. The highest BCUT2D eigenvalue weighted by molar-refractivity contribution is 5.75. The second-order valence-corrected chi connectivity index (χ2v) is 7.70. The summed E-state index contributed by atoms with van der Waals surface area (Å²) in [5, 5.41) is 0. The summed E-state index contributed by atoms with van der Waals surface area (Å²) in [4.78, 5) is 11.4. The van der Waals surface area contributed by atoms with Crippen molar-refractivity contribution in [3.63, 3.8) is 0 Å². The lowest BCUT2D eigenvalue weighted by molar-refractivity contribution is -0.452. The molecule has 112 valence electrons. The van der Waals surface area contributed by atoms with E-state index in [9.17, 15) is 4.79 Å². The number of fused-ring (bicyclic) bond motifs is 1. The van der Waals surface area contributed by atoms with E-state index < -0.39 is 11.6 Å². The molecule has 5 rings (SSSR count). The summed E-state index contributed by atoms with van der Waals surface area (Å²) >= 11 is 0. The zero-order valence-electron chi connectivity index (χ0n) is 12.9. The number of ether oxygens (including phenoxy) is 3. The average molecular weight is 280 g/mol. The molecule has 4 heteroatoms. The quantitative estimate of drug-likeness (QED) is 0.797. The summed E-state index contributed by atoms with van der Waals surface area (Å²) in [5.41, 5.74) is -0.727. The lowest BCUT2D eigenvalue weighted by Gasteiger charge is -2.62. The highest BCUT2D eigenvalue weighted by atomic mass is 16.8. The van der Waals surface area contributed by atoms with Gasteiger partial charge in [-0.15, -0.1) is 0 Å². The van der Waals surface area contributed by atoms with Gasteiger partial charge in [0.05, 0.1) is 5.41 Å². The van der Waals surface area contributed by atoms with E-state index in [1.165, 1.54) is 0 Å². The highest BCUT2D eigenvalue weighted by Gasteiger charge is 2.86. The first kappa shape index (κ1) is 13.2. The molecule has 20 heavy (non-hydrogen) atoms. The van der Waals surface area contributed by atoms with Crippen LogP contribution in [-0.4, -0.2) is 28.6 Å². The van der Waals surface area contributed by atoms with E-state index in [-0.39, 0.29) is 22.4 Å². The van der Waals surface area contributed by atoms with Crippen LogP contribution in [0.1, 0.15) is 66.2 Å². The number of ketones is 1. The molecule has 0 amide bonds. The SMILES string of the molecule is CC(=O)CC[C@@]12CC[C@@]34CC[C@@](C)(O[C@]3(C)O1)O[C@@]24C. The van der Waals surface area contributed by atoms with Crippen LogP contribution < -0.4 is 0 Å². The molecule has 4 heterocycles. The van der Waals surface area contributed by atoms with Crippen molar-refractivity contribution in [3.8, 4) is 0 Å². The van der Waals surface area contributed by atoms with Crippen LogP contribution in [0.25, 0.3) is 0 Å². The third kappa shape index (κ3) is 1.15. The Balaban J connectivity index is 1.80. The Labute approximate surface area is 120 Å². The van der Waals surface area contributed by atoms with E-state index in [0.29, 0.717) is 6.42 Å². The second-order valence-electron chi connectivity index (χ2n) is 7.70. The van der Waals surface area contributed by atoms with Gasteiger partial charge in [0.1, 0.15) is 17.0 Å². The van der Waals surface area contributed by atoms with Gasteiger partial charge in [-0.25, -0.2) is 0 Å². The van der Waals surface area contributed by atoms with E-state index in [1.807, 2.05) is 6.92 Å².